The van der Waals surface area contributed by atoms with Gasteiger partial charge in [0.1, 0.15) is 17.4 Å². The summed E-state index contributed by atoms with van der Waals surface area (Å²) < 4.78 is 32.0. The van der Waals surface area contributed by atoms with Gasteiger partial charge in [0.25, 0.3) is 0 Å². The predicted octanol–water partition coefficient (Wildman–Crippen LogP) is 3.14. The van der Waals surface area contributed by atoms with Crippen LogP contribution in [0.2, 0.25) is 0 Å². The number of fused-ring (bicyclic) bond motifs is 1. The Morgan fingerprint density at radius 3 is 2.53 bits per heavy atom. The SMILES string of the molecule is NC(c1cc(F)cc(F)c1)C1COc2ccccc21. The van der Waals surface area contributed by atoms with Crippen LogP contribution in [0.15, 0.2) is 42.5 Å². The van der Waals surface area contributed by atoms with Crippen molar-refractivity contribution in [2.45, 2.75) is 12.0 Å². The van der Waals surface area contributed by atoms with Crippen molar-refractivity contribution in [2.75, 3.05) is 6.61 Å². The fourth-order valence-corrected chi connectivity index (χ4v) is 2.48. The predicted molar refractivity (Wildman–Crippen MR) is 68.0 cm³/mol. The van der Waals surface area contributed by atoms with Crippen molar-refractivity contribution in [3.8, 4) is 5.75 Å². The van der Waals surface area contributed by atoms with Crippen LogP contribution in [-0.2, 0) is 0 Å². The number of ether oxygens (including phenoxy) is 1. The maximum absolute atomic E-state index is 13.2. The Bertz CT molecular complexity index is 595. The van der Waals surface area contributed by atoms with Crippen molar-refractivity contribution in [1.29, 1.82) is 0 Å². The summed E-state index contributed by atoms with van der Waals surface area (Å²) in [5.74, 6) is -0.521. The van der Waals surface area contributed by atoms with E-state index in [2.05, 4.69) is 0 Å². The molecule has 2 aromatic carbocycles. The van der Waals surface area contributed by atoms with Gasteiger partial charge in [0.05, 0.1) is 6.61 Å². The molecule has 0 aliphatic carbocycles. The van der Waals surface area contributed by atoms with E-state index in [-0.39, 0.29) is 5.92 Å². The molecule has 4 heteroatoms. The summed E-state index contributed by atoms with van der Waals surface area (Å²) >= 11 is 0. The normalized spacial score (nSPS) is 18.8. The molecule has 2 atom stereocenters. The molecule has 1 aliphatic heterocycles. The third-order valence-corrected chi connectivity index (χ3v) is 3.44. The van der Waals surface area contributed by atoms with Crippen molar-refractivity contribution in [3.63, 3.8) is 0 Å². The number of nitrogens with two attached hydrogens (primary N) is 1. The summed E-state index contributed by atoms with van der Waals surface area (Å²) in [6, 6.07) is 10.5. The second kappa shape index (κ2) is 4.63. The highest BCUT2D eigenvalue weighted by Crippen LogP contribution is 2.40. The number of para-hydroxylation sites is 1. The lowest BCUT2D eigenvalue weighted by atomic mass is 9.89. The molecule has 98 valence electrons. The van der Waals surface area contributed by atoms with E-state index in [1.165, 1.54) is 12.1 Å². The first-order chi connectivity index (χ1) is 9.15. The van der Waals surface area contributed by atoms with Crippen molar-refractivity contribution < 1.29 is 13.5 Å². The Morgan fingerprint density at radius 1 is 1.11 bits per heavy atom. The first-order valence-electron chi connectivity index (χ1n) is 6.08. The van der Waals surface area contributed by atoms with E-state index in [1.54, 1.807) is 0 Å². The van der Waals surface area contributed by atoms with Crippen molar-refractivity contribution in [2.24, 2.45) is 5.73 Å². The molecule has 2 unspecified atom stereocenters. The van der Waals surface area contributed by atoms with Crippen LogP contribution in [0.1, 0.15) is 23.1 Å². The lowest BCUT2D eigenvalue weighted by Gasteiger charge is -2.18. The smallest absolute Gasteiger partial charge is 0.126 e. The zero-order valence-corrected chi connectivity index (χ0v) is 10.1. The Morgan fingerprint density at radius 2 is 1.79 bits per heavy atom. The molecule has 0 saturated carbocycles. The van der Waals surface area contributed by atoms with Crippen LogP contribution in [0, 0.1) is 11.6 Å². The van der Waals surface area contributed by atoms with Gasteiger partial charge in [-0.15, -0.1) is 0 Å². The maximum atomic E-state index is 13.2. The van der Waals surface area contributed by atoms with Crippen LogP contribution in [0.5, 0.6) is 5.75 Å². The van der Waals surface area contributed by atoms with E-state index in [1.807, 2.05) is 24.3 Å². The molecule has 0 saturated heterocycles. The van der Waals surface area contributed by atoms with Crippen LogP contribution in [0.4, 0.5) is 8.78 Å². The van der Waals surface area contributed by atoms with Gasteiger partial charge < -0.3 is 10.5 Å². The Kier molecular flexibility index (Phi) is 2.95. The topological polar surface area (TPSA) is 35.2 Å². The Balaban J connectivity index is 1.95. The van der Waals surface area contributed by atoms with Gasteiger partial charge in [0.2, 0.25) is 0 Å². The molecule has 0 amide bonds. The zero-order chi connectivity index (χ0) is 13.4. The van der Waals surface area contributed by atoms with Gasteiger partial charge in [-0.05, 0) is 23.8 Å². The number of halogens is 2. The Hall–Kier alpha value is -1.94. The molecular weight excluding hydrogens is 248 g/mol. The fourth-order valence-electron chi connectivity index (χ4n) is 2.48. The van der Waals surface area contributed by atoms with Crippen LogP contribution in [0.3, 0.4) is 0 Å². The fraction of sp³-hybridized carbons (Fsp3) is 0.200. The summed E-state index contributed by atoms with van der Waals surface area (Å²) in [6.45, 7) is 0.429. The molecule has 1 aliphatic rings. The quantitative estimate of drug-likeness (QED) is 0.901. The molecule has 2 nitrogen and oxygen atoms in total. The molecular formula is C15H13F2NO. The van der Waals surface area contributed by atoms with Crippen LogP contribution >= 0.6 is 0 Å². The molecule has 0 bridgehead atoms. The summed E-state index contributed by atoms with van der Waals surface area (Å²) in [5.41, 5.74) is 7.57. The molecule has 2 N–H and O–H groups in total. The lowest BCUT2D eigenvalue weighted by Crippen LogP contribution is -2.21. The van der Waals surface area contributed by atoms with E-state index in [4.69, 9.17) is 10.5 Å². The third-order valence-electron chi connectivity index (χ3n) is 3.44. The zero-order valence-electron chi connectivity index (χ0n) is 10.1. The van der Waals surface area contributed by atoms with Gasteiger partial charge in [0, 0.05) is 23.6 Å². The van der Waals surface area contributed by atoms with Crippen molar-refractivity contribution >= 4 is 0 Å². The van der Waals surface area contributed by atoms with E-state index in [0.717, 1.165) is 17.4 Å². The molecule has 19 heavy (non-hydrogen) atoms. The first-order valence-corrected chi connectivity index (χ1v) is 6.08. The summed E-state index contributed by atoms with van der Waals surface area (Å²) in [4.78, 5) is 0. The van der Waals surface area contributed by atoms with Gasteiger partial charge in [-0.1, -0.05) is 18.2 Å². The van der Waals surface area contributed by atoms with Gasteiger partial charge in [-0.25, -0.2) is 8.78 Å². The lowest BCUT2D eigenvalue weighted by molar-refractivity contribution is 0.315. The molecule has 0 fully saturated rings. The standard InChI is InChI=1S/C15H13F2NO/c16-10-5-9(6-11(17)7-10)15(18)13-8-19-14-4-2-1-3-12(13)14/h1-7,13,15H,8,18H2. The highest BCUT2D eigenvalue weighted by atomic mass is 19.1. The highest BCUT2D eigenvalue weighted by molar-refractivity contribution is 5.42. The number of hydrogen-bond donors (Lipinski definition) is 1. The second-order valence-electron chi connectivity index (χ2n) is 4.68. The van der Waals surface area contributed by atoms with Crippen LogP contribution in [0.25, 0.3) is 0 Å². The first kappa shape index (κ1) is 12.1. The molecule has 0 spiro atoms. The van der Waals surface area contributed by atoms with E-state index in [9.17, 15) is 8.78 Å². The number of rotatable bonds is 2. The number of benzene rings is 2. The van der Waals surface area contributed by atoms with E-state index >= 15 is 0 Å². The average Bonchev–Trinajstić information content (AvgIpc) is 2.80. The highest BCUT2D eigenvalue weighted by Gasteiger charge is 2.30. The Labute approximate surface area is 109 Å². The summed E-state index contributed by atoms with van der Waals surface area (Å²) in [5, 5.41) is 0. The monoisotopic (exact) mass is 261 g/mol. The summed E-state index contributed by atoms with van der Waals surface area (Å²) in [6.07, 6.45) is 0. The van der Waals surface area contributed by atoms with Crippen molar-refractivity contribution in [1.82, 2.24) is 0 Å². The largest absolute Gasteiger partial charge is 0.493 e. The van der Waals surface area contributed by atoms with Crippen LogP contribution in [-0.4, -0.2) is 6.61 Å². The minimum atomic E-state index is -0.613. The summed E-state index contributed by atoms with van der Waals surface area (Å²) in [7, 11) is 0. The maximum Gasteiger partial charge on any atom is 0.126 e. The van der Waals surface area contributed by atoms with Crippen LogP contribution < -0.4 is 10.5 Å². The van der Waals surface area contributed by atoms with Crippen molar-refractivity contribution in [3.05, 3.63) is 65.2 Å². The minimum Gasteiger partial charge on any atom is -0.493 e. The third kappa shape index (κ3) is 2.19. The average molecular weight is 261 g/mol. The molecule has 1 heterocycles. The number of hydrogen-bond acceptors (Lipinski definition) is 2. The minimum absolute atomic E-state index is 0.0857. The van der Waals surface area contributed by atoms with E-state index in [0.29, 0.717) is 12.2 Å². The van der Waals surface area contributed by atoms with E-state index < -0.39 is 17.7 Å². The van der Waals surface area contributed by atoms with Gasteiger partial charge in [0.15, 0.2) is 0 Å². The molecule has 2 aromatic rings. The molecule has 0 radical (unpaired) electrons. The van der Waals surface area contributed by atoms with Gasteiger partial charge in [-0.2, -0.15) is 0 Å². The second-order valence-corrected chi connectivity index (χ2v) is 4.68. The molecule has 3 rings (SSSR count). The van der Waals surface area contributed by atoms with Gasteiger partial charge >= 0.3 is 0 Å². The van der Waals surface area contributed by atoms with Gasteiger partial charge in [-0.3, -0.25) is 0 Å². The molecule has 0 aromatic heterocycles.